The van der Waals surface area contributed by atoms with E-state index in [-0.39, 0.29) is 17.6 Å². The van der Waals surface area contributed by atoms with Gasteiger partial charge in [-0.15, -0.1) is 0 Å². The van der Waals surface area contributed by atoms with Crippen molar-refractivity contribution in [2.75, 3.05) is 21.3 Å². The first kappa shape index (κ1) is 17.1. The van der Waals surface area contributed by atoms with E-state index < -0.39 is 6.04 Å². The molecular formula is C15H23NO5. The van der Waals surface area contributed by atoms with Crippen molar-refractivity contribution in [3.8, 4) is 17.2 Å². The van der Waals surface area contributed by atoms with E-state index in [0.29, 0.717) is 18.0 Å². The molecular weight excluding hydrogens is 274 g/mol. The Kier molecular flexibility index (Phi) is 6.30. The van der Waals surface area contributed by atoms with Crippen LogP contribution < -0.4 is 14.8 Å². The minimum absolute atomic E-state index is 0.0443. The van der Waals surface area contributed by atoms with Gasteiger partial charge in [-0.1, -0.05) is 13.8 Å². The van der Waals surface area contributed by atoms with Crippen LogP contribution in [0.2, 0.25) is 0 Å². The number of carbonyl (C=O) groups excluding carboxylic acids is 1. The minimum Gasteiger partial charge on any atom is -0.502 e. The molecule has 0 bridgehead atoms. The Bertz CT molecular complexity index is 462. The topological polar surface area (TPSA) is 77.0 Å². The summed E-state index contributed by atoms with van der Waals surface area (Å²) in [4.78, 5) is 11.7. The highest BCUT2D eigenvalue weighted by atomic mass is 16.5. The first-order valence-electron chi connectivity index (χ1n) is 6.69. The number of ether oxygens (including phenoxy) is 3. The summed E-state index contributed by atoms with van der Waals surface area (Å²) in [5.74, 6) is 0.397. The van der Waals surface area contributed by atoms with Crippen molar-refractivity contribution in [2.24, 2.45) is 5.92 Å². The van der Waals surface area contributed by atoms with Gasteiger partial charge in [0.1, 0.15) is 6.04 Å². The molecule has 0 spiro atoms. The van der Waals surface area contributed by atoms with Crippen molar-refractivity contribution in [3.63, 3.8) is 0 Å². The van der Waals surface area contributed by atoms with Crippen LogP contribution in [0.25, 0.3) is 0 Å². The maximum Gasteiger partial charge on any atom is 0.323 e. The van der Waals surface area contributed by atoms with Crippen molar-refractivity contribution >= 4 is 5.97 Å². The number of benzene rings is 1. The number of rotatable bonds is 7. The van der Waals surface area contributed by atoms with Crippen LogP contribution in [0.1, 0.15) is 19.4 Å². The quantitative estimate of drug-likeness (QED) is 0.746. The first-order valence-corrected chi connectivity index (χ1v) is 6.69. The molecule has 0 heterocycles. The molecule has 0 aliphatic rings. The molecule has 0 aromatic heterocycles. The molecule has 118 valence electrons. The molecule has 1 aromatic carbocycles. The second-order valence-corrected chi connectivity index (χ2v) is 4.97. The molecule has 1 atom stereocenters. The number of hydrogen-bond acceptors (Lipinski definition) is 6. The average molecular weight is 297 g/mol. The van der Waals surface area contributed by atoms with Gasteiger partial charge >= 0.3 is 5.97 Å². The molecule has 0 saturated heterocycles. The third-order valence-corrected chi connectivity index (χ3v) is 3.19. The summed E-state index contributed by atoms with van der Waals surface area (Å²) in [5.41, 5.74) is 0.830. The third kappa shape index (κ3) is 4.26. The summed E-state index contributed by atoms with van der Waals surface area (Å²) in [6.45, 7) is 4.30. The largest absolute Gasteiger partial charge is 0.502 e. The molecule has 6 heteroatoms. The van der Waals surface area contributed by atoms with Crippen LogP contribution >= 0.6 is 0 Å². The van der Waals surface area contributed by atoms with Crippen molar-refractivity contribution in [2.45, 2.75) is 26.4 Å². The summed E-state index contributed by atoms with van der Waals surface area (Å²) in [6.07, 6.45) is 0. The minimum atomic E-state index is -0.402. The van der Waals surface area contributed by atoms with E-state index in [1.807, 2.05) is 13.8 Å². The molecule has 0 aliphatic carbocycles. The van der Waals surface area contributed by atoms with Crippen molar-refractivity contribution in [3.05, 3.63) is 17.7 Å². The van der Waals surface area contributed by atoms with E-state index in [9.17, 15) is 9.90 Å². The lowest BCUT2D eigenvalue weighted by Crippen LogP contribution is -2.41. The Balaban J connectivity index is 2.90. The fraction of sp³-hybridized carbons (Fsp3) is 0.533. The molecule has 0 radical (unpaired) electrons. The van der Waals surface area contributed by atoms with Crippen molar-refractivity contribution in [1.29, 1.82) is 0 Å². The smallest absolute Gasteiger partial charge is 0.323 e. The Morgan fingerprint density at radius 3 is 2.10 bits per heavy atom. The van der Waals surface area contributed by atoms with Gasteiger partial charge in [0.2, 0.25) is 5.75 Å². The number of phenolic OH excluding ortho intramolecular Hbond substituents is 1. The third-order valence-electron chi connectivity index (χ3n) is 3.19. The predicted molar refractivity (Wildman–Crippen MR) is 78.7 cm³/mol. The van der Waals surface area contributed by atoms with Gasteiger partial charge in [-0.05, 0) is 23.6 Å². The van der Waals surface area contributed by atoms with Gasteiger partial charge in [0.25, 0.3) is 0 Å². The number of methoxy groups -OCH3 is 3. The van der Waals surface area contributed by atoms with Crippen LogP contribution in [0, 0.1) is 5.92 Å². The zero-order valence-corrected chi connectivity index (χ0v) is 13.1. The average Bonchev–Trinajstić information content (AvgIpc) is 2.47. The Labute approximate surface area is 125 Å². The second kappa shape index (κ2) is 7.73. The summed E-state index contributed by atoms with van der Waals surface area (Å²) < 4.78 is 15.0. The molecule has 0 amide bonds. The molecule has 0 aliphatic heterocycles. The van der Waals surface area contributed by atoms with Crippen LogP contribution in [-0.2, 0) is 16.1 Å². The van der Waals surface area contributed by atoms with Gasteiger partial charge in [0, 0.05) is 6.54 Å². The van der Waals surface area contributed by atoms with Gasteiger partial charge in [-0.2, -0.15) is 0 Å². The van der Waals surface area contributed by atoms with E-state index in [0.717, 1.165) is 5.56 Å². The first-order chi connectivity index (χ1) is 9.94. The Morgan fingerprint density at radius 1 is 1.19 bits per heavy atom. The van der Waals surface area contributed by atoms with Gasteiger partial charge in [0.15, 0.2) is 11.5 Å². The molecule has 21 heavy (non-hydrogen) atoms. The number of aromatic hydroxyl groups is 1. The van der Waals surface area contributed by atoms with Crippen LogP contribution in [0.15, 0.2) is 12.1 Å². The molecule has 1 rings (SSSR count). The van der Waals surface area contributed by atoms with Gasteiger partial charge in [-0.25, -0.2) is 0 Å². The second-order valence-electron chi connectivity index (χ2n) is 4.97. The van der Waals surface area contributed by atoms with Crippen molar-refractivity contribution in [1.82, 2.24) is 5.32 Å². The van der Waals surface area contributed by atoms with E-state index in [1.54, 1.807) is 12.1 Å². The standard InChI is InChI=1S/C15H23NO5/c1-9(2)13(15(18)21-5)16-8-10-6-11(19-3)14(17)12(7-10)20-4/h6-7,9,13,16-17H,8H2,1-5H3/t13-/m0/s1. The number of carbonyl (C=O) groups is 1. The highest BCUT2D eigenvalue weighted by Crippen LogP contribution is 2.37. The van der Waals surface area contributed by atoms with Crippen molar-refractivity contribution < 1.29 is 24.1 Å². The van der Waals surface area contributed by atoms with Gasteiger partial charge < -0.3 is 24.6 Å². The zero-order chi connectivity index (χ0) is 16.0. The van der Waals surface area contributed by atoms with Crippen LogP contribution in [0.3, 0.4) is 0 Å². The fourth-order valence-corrected chi connectivity index (χ4v) is 2.00. The molecule has 0 fully saturated rings. The van der Waals surface area contributed by atoms with Gasteiger partial charge in [0.05, 0.1) is 21.3 Å². The predicted octanol–water partition coefficient (Wildman–Crippen LogP) is 1.70. The summed E-state index contributed by atoms with van der Waals surface area (Å²) in [6, 6.07) is 2.99. The van der Waals surface area contributed by atoms with Crippen LogP contribution in [-0.4, -0.2) is 38.4 Å². The highest BCUT2D eigenvalue weighted by molar-refractivity contribution is 5.75. The van der Waals surface area contributed by atoms with E-state index in [4.69, 9.17) is 14.2 Å². The summed E-state index contributed by atoms with van der Waals surface area (Å²) in [7, 11) is 4.31. The molecule has 6 nitrogen and oxygen atoms in total. The van der Waals surface area contributed by atoms with Crippen LogP contribution in [0.5, 0.6) is 17.2 Å². The molecule has 0 unspecified atom stereocenters. The highest BCUT2D eigenvalue weighted by Gasteiger charge is 2.22. The normalized spacial score (nSPS) is 12.1. The Hall–Kier alpha value is -1.95. The maximum absolute atomic E-state index is 11.7. The van der Waals surface area contributed by atoms with E-state index in [2.05, 4.69) is 5.32 Å². The lowest BCUT2D eigenvalue weighted by atomic mass is 10.0. The lowest BCUT2D eigenvalue weighted by molar-refractivity contribution is -0.144. The lowest BCUT2D eigenvalue weighted by Gasteiger charge is -2.20. The number of nitrogens with one attached hydrogen (secondary N) is 1. The monoisotopic (exact) mass is 297 g/mol. The molecule has 2 N–H and O–H groups in total. The van der Waals surface area contributed by atoms with E-state index in [1.165, 1.54) is 21.3 Å². The molecule has 1 aromatic rings. The SMILES string of the molecule is COC(=O)[C@@H](NCc1cc(OC)c(O)c(OC)c1)C(C)C. The van der Waals surface area contributed by atoms with Crippen LogP contribution in [0.4, 0.5) is 0 Å². The van der Waals surface area contributed by atoms with Gasteiger partial charge in [-0.3, -0.25) is 4.79 Å². The number of phenols is 1. The fourth-order valence-electron chi connectivity index (χ4n) is 2.00. The van der Waals surface area contributed by atoms with E-state index >= 15 is 0 Å². The number of esters is 1. The zero-order valence-electron chi connectivity index (χ0n) is 13.1. The number of hydrogen-bond donors (Lipinski definition) is 2. The summed E-state index contributed by atoms with van der Waals surface area (Å²) >= 11 is 0. The Morgan fingerprint density at radius 2 is 1.71 bits per heavy atom. The summed E-state index contributed by atoms with van der Waals surface area (Å²) in [5, 5.41) is 13.0. The molecule has 0 saturated carbocycles. The maximum atomic E-state index is 11.7.